The largest absolute Gasteiger partial charge is 0.379 e. The highest BCUT2D eigenvalue weighted by molar-refractivity contribution is 7.89. The summed E-state index contributed by atoms with van der Waals surface area (Å²) < 4.78 is 31.7. The van der Waals surface area contributed by atoms with E-state index in [0.717, 1.165) is 11.1 Å². The Bertz CT molecular complexity index is 688. The van der Waals surface area contributed by atoms with E-state index in [1.54, 1.807) is 6.92 Å². The lowest BCUT2D eigenvalue weighted by atomic mass is 9.95. The quantitative estimate of drug-likeness (QED) is 0.709. The molecule has 6 nitrogen and oxygen atoms in total. The van der Waals surface area contributed by atoms with Crippen LogP contribution in [0.3, 0.4) is 0 Å². The fourth-order valence-corrected chi connectivity index (χ4v) is 4.13. The van der Waals surface area contributed by atoms with Gasteiger partial charge >= 0.3 is 0 Å². The SMILES string of the molecule is CCS(=O)(=O)N1Cc2ccccc2CC1C(=O)NCCCOC(C)C. The summed E-state index contributed by atoms with van der Waals surface area (Å²) in [6.45, 7) is 6.83. The molecule has 1 unspecified atom stereocenters. The standard InChI is InChI=1S/C18H28N2O4S/c1-4-25(22,23)20-13-16-9-6-5-8-15(16)12-17(20)18(21)19-10-7-11-24-14(2)3/h5-6,8-9,14,17H,4,7,10-13H2,1-3H3,(H,19,21). The molecule has 0 radical (unpaired) electrons. The van der Waals surface area contributed by atoms with Gasteiger partial charge in [0, 0.05) is 19.7 Å². The molecule has 0 fully saturated rings. The molecule has 0 aromatic heterocycles. The Kier molecular flexibility index (Phi) is 6.98. The second-order valence-electron chi connectivity index (χ2n) is 6.50. The second-order valence-corrected chi connectivity index (χ2v) is 8.71. The lowest BCUT2D eigenvalue weighted by Gasteiger charge is -2.34. The van der Waals surface area contributed by atoms with Gasteiger partial charge in [-0.15, -0.1) is 0 Å². The summed E-state index contributed by atoms with van der Waals surface area (Å²) in [6.07, 6.45) is 1.27. The summed E-state index contributed by atoms with van der Waals surface area (Å²) in [4.78, 5) is 12.6. The van der Waals surface area contributed by atoms with Gasteiger partial charge < -0.3 is 10.1 Å². The number of fused-ring (bicyclic) bond motifs is 1. The second kappa shape index (κ2) is 8.78. The molecule has 1 aliphatic heterocycles. The molecule has 1 atom stereocenters. The van der Waals surface area contributed by atoms with Crippen LogP contribution < -0.4 is 5.32 Å². The third kappa shape index (κ3) is 5.26. The number of carbonyl (C=O) groups excluding carboxylic acids is 1. The third-order valence-electron chi connectivity index (χ3n) is 4.30. The van der Waals surface area contributed by atoms with Gasteiger partial charge in [-0.2, -0.15) is 4.31 Å². The van der Waals surface area contributed by atoms with Crippen LogP contribution in [0.5, 0.6) is 0 Å². The van der Waals surface area contributed by atoms with Gasteiger partial charge in [-0.25, -0.2) is 8.42 Å². The van der Waals surface area contributed by atoms with Gasteiger partial charge in [0.25, 0.3) is 0 Å². The van der Waals surface area contributed by atoms with E-state index in [0.29, 0.717) is 26.0 Å². The van der Waals surface area contributed by atoms with Crippen LogP contribution in [0.15, 0.2) is 24.3 Å². The van der Waals surface area contributed by atoms with Crippen LogP contribution in [0.25, 0.3) is 0 Å². The highest BCUT2D eigenvalue weighted by Gasteiger charge is 2.37. The molecule has 1 aliphatic rings. The van der Waals surface area contributed by atoms with E-state index in [1.165, 1.54) is 4.31 Å². The number of hydrogen-bond acceptors (Lipinski definition) is 4. The number of rotatable bonds is 8. The van der Waals surface area contributed by atoms with Crippen molar-refractivity contribution in [3.05, 3.63) is 35.4 Å². The van der Waals surface area contributed by atoms with Crippen molar-refractivity contribution >= 4 is 15.9 Å². The van der Waals surface area contributed by atoms with Crippen molar-refractivity contribution < 1.29 is 17.9 Å². The molecule has 0 saturated heterocycles. The molecule has 0 saturated carbocycles. The van der Waals surface area contributed by atoms with Gasteiger partial charge in [-0.3, -0.25) is 4.79 Å². The minimum atomic E-state index is -3.46. The first-order chi connectivity index (χ1) is 11.8. The molecule has 1 aromatic rings. The summed E-state index contributed by atoms with van der Waals surface area (Å²) >= 11 is 0. The Labute approximate surface area is 150 Å². The van der Waals surface area contributed by atoms with Gasteiger partial charge in [0.2, 0.25) is 15.9 Å². The normalized spacial score (nSPS) is 18.2. The Morgan fingerprint density at radius 1 is 1.32 bits per heavy atom. The van der Waals surface area contributed by atoms with Crippen molar-refractivity contribution in [2.75, 3.05) is 18.9 Å². The number of nitrogens with one attached hydrogen (secondary N) is 1. The Hall–Kier alpha value is -1.44. The van der Waals surface area contributed by atoms with E-state index >= 15 is 0 Å². The molecule has 0 bridgehead atoms. The lowest BCUT2D eigenvalue weighted by molar-refractivity contribution is -0.125. The number of sulfonamides is 1. The zero-order valence-electron chi connectivity index (χ0n) is 15.2. The van der Waals surface area contributed by atoms with Crippen LogP contribution in [0.1, 0.15) is 38.3 Å². The summed E-state index contributed by atoms with van der Waals surface area (Å²) in [5.41, 5.74) is 2.00. The highest BCUT2D eigenvalue weighted by Crippen LogP contribution is 2.26. The van der Waals surface area contributed by atoms with E-state index in [4.69, 9.17) is 4.74 Å². The van der Waals surface area contributed by atoms with Gasteiger partial charge in [-0.05, 0) is 44.7 Å². The maximum absolute atomic E-state index is 12.6. The van der Waals surface area contributed by atoms with E-state index in [9.17, 15) is 13.2 Å². The Morgan fingerprint density at radius 2 is 2.00 bits per heavy atom. The van der Waals surface area contributed by atoms with Gasteiger partial charge in [-0.1, -0.05) is 24.3 Å². The van der Waals surface area contributed by atoms with E-state index < -0.39 is 16.1 Å². The number of carbonyl (C=O) groups is 1. The molecule has 1 N–H and O–H groups in total. The topological polar surface area (TPSA) is 75.7 Å². The van der Waals surface area contributed by atoms with Crippen LogP contribution in [-0.2, 0) is 32.5 Å². The fraction of sp³-hybridized carbons (Fsp3) is 0.611. The number of amides is 1. The summed E-state index contributed by atoms with van der Waals surface area (Å²) in [5, 5.41) is 2.86. The molecule has 1 aromatic carbocycles. The minimum Gasteiger partial charge on any atom is -0.379 e. The summed E-state index contributed by atoms with van der Waals surface area (Å²) in [6, 6.07) is 7.00. The van der Waals surface area contributed by atoms with Crippen molar-refractivity contribution in [2.45, 2.75) is 52.3 Å². The maximum Gasteiger partial charge on any atom is 0.238 e. The van der Waals surface area contributed by atoms with Crippen LogP contribution in [0, 0.1) is 0 Å². The molecular weight excluding hydrogens is 340 g/mol. The van der Waals surface area contributed by atoms with E-state index in [2.05, 4.69) is 5.32 Å². The number of benzene rings is 1. The van der Waals surface area contributed by atoms with Gasteiger partial charge in [0.05, 0.1) is 11.9 Å². The first kappa shape index (κ1) is 19.9. The molecule has 25 heavy (non-hydrogen) atoms. The zero-order valence-corrected chi connectivity index (χ0v) is 16.0. The monoisotopic (exact) mass is 368 g/mol. The molecule has 1 heterocycles. The molecule has 0 aliphatic carbocycles. The van der Waals surface area contributed by atoms with Crippen molar-refractivity contribution in [1.29, 1.82) is 0 Å². The Morgan fingerprint density at radius 3 is 2.64 bits per heavy atom. The first-order valence-electron chi connectivity index (χ1n) is 8.80. The fourth-order valence-electron chi connectivity index (χ4n) is 2.90. The van der Waals surface area contributed by atoms with E-state index in [1.807, 2.05) is 38.1 Å². The molecule has 2 rings (SSSR count). The third-order valence-corrected chi connectivity index (χ3v) is 6.13. The molecule has 7 heteroatoms. The average molecular weight is 368 g/mol. The summed E-state index contributed by atoms with van der Waals surface area (Å²) in [7, 11) is -3.46. The minimum absolute atomic E-state index is 0.0127. The van der Waals surface area contributed by atoms with Crippen LogP contribution >= 0.6 is 0 Å². The van der Waals surface area contributed by atoms with Crippen molar-refractivity contribution in [3.8, 4) is 0 Å². The van der Waals surface area contributed by atoms with Crippen molar-refractivity contribution in [2.24, 2.45) is 0 Å². The molecule has 0 spiro atoms. The molecule has 1 amide bonds. The van der Waals surface area contributed by atoms with Crippen LogP contribution in [0.2, 0.25) is 0 Å². The number of ether oxygens (including phenoxy) is 1. The first-order valence-corrected chi connectivity index (χ1v) is 10.4. The number of nitrogens with zero attached hydrogens (tertiary/aromatic N) is 1. The molecule has 140 valence electrons. The van der Waals surface area contributed by atoms with Crippen LogP contribution in [-0.4, -0.2) is 49.7 Å². The maximum atomic E-state index is 12.6. The lowest BCUT2D eigenvalue weighted by Crippen LogP contribution is -2.53. The highest BCUT2D eigenvalue weighted by atomic mass is 32.2. The van der Waals surface area contributed by atoms with Crippen LogP contribution in [0.4, 0.5) is 0 Å². The predicted octanol–water partition coefficient (Wildman–Crippen LogP) is 1.69. The van der Waals surface area contributed by atoms with Crippen molar-refractivity contribution in [1.82, 2.24) is 9.62 Å². The van der Waals surface area contributed by atoms with Crippen molar-refractivity contribution in [3.63, 3.8) is 0 Å². The smallest absolute Gasteiger partial charge is 0.238 e. The average Bonchev–Trinajstić information content (AvgIpc) is 2.59. The zero-order chi connectivity index (χ0) is 18.4. The molecular formula is C18H28N2O4S. The summed E-state index contributed by atoms with van der Waals surface area (Å²) in [5.74, 6) is -0.252. The number of hydrogen-bond donors (Lipinski definition) is 1. The van der Waals surface area contributed by atoms with E-state index in [-0.39, 0.29) is 24.3 Å². The van der Waals surface area contributed by atoms with Gasteiger partial charge in [0.15, 0.2) is 0 Å². The van der Waals surface area contributed by atoms with Gasteiger partial charge in [0.1, 0.15) is 6.04 Å². The predicted molar refractivity (Wildman–Crippen MR) is 97.7 cm³/mol. The Balaban J connectivity index is 2.06.